The number of carbonyl (C=O) groups is 2. The molecule has 0 spiro atoms. The van der Waals surface area contributed by atoms with Crippen LogP contribution in [0.5, 0.6) is 0 Å². The van der Waals surface area contributed by atoms with E-state index in [1.807, 2.05) is 31.2 Å². The van der Waals surface area contributed by atoms with Crippen molar-refractivity contribution in [2.75, 3.05) is 19.7 Å². The van der Waals surface area contributed by atoms with Gasteiger partial charge in [-0.2, -0.15) is 0 Å². The smallest absolute Gasteiger partial charge is 0.266 e. The lowest BCUT2D eigenvalue weighted by Gasteiger charge is -2.13. The van der Waals surface area contributed by atoms with Crippen LogP contribution >= 0.6 is 24.0 Å². The molecule has 116 valence electrons. The highest BCUT2D eigenvalue weighted by Crippen LogP contribution is 2.32. The summed E-state index contributed by atoms with van der Waals surface area (Å²) < 4.78 is 0.363. The fourth-order valence-corrected chi connectivity index (χ4v) is 3.10. The van der Waals surface area contributed by atoms with Crippen LogP contribution in [0.4, 0.5) is 0 Å². The standard InChI is InChI=1S/C15H16N2O3S2/c1-10-2-4-11(5-3-10)8-12-14(20)17(15(21)22-12)9-13(19)16-6-7-18/h2-5,8,18H,6-7,9H2,1H3,(H,16,19)/b12-8-. The van der Waals surface area contributed by atoms with Crippen molar-refractivity contribution in [2.24, 2.45) is 0 Å². The third kappa shape index (κ3) is 4.16. The SMILES string of the molecule is Cc1ccc(/C=C2\SC(=S)N(CC(=O)NCCO)C2=O)cc1. The van der Waals surface area contributed by atoms with Crippen molar-refractivity contribution in [1.82, 2.24) is 10.2 Å². The molecule has 2 amide bonds. The number of carbonyl (C=O) groups excluding carboxylic acids is 2. The maximum Gasteiger partial charge on any atom is 0.266 e. The Kier molecular flexibility index (Phi) is 5.70. The lowest BCUT2D eigenvalue weighted by atomic mass is 10.1. The quantitative estimate of drug-likeness (QED) is 0.627. The van der Waals surface area contributed by atoms with E-state index in [0.717, 1.165) is 11.1 Å². The summed E-state index contributed by atoms with van der Waals surface area (Å²) in [6.45, 7) is 1.88. The van der Waals surface area contributed by atoms with Gasteiger partial charge in [0, 0.05) is 6.54 Å². The first-order valence-electron chi connectivity index (χ1n) is 6.71. The zero-order valence-electron chi connectivity index (χ0n) is 12.0. The van der Waals surface area contributed by atoms with Crippen molar-refractivity contribution in [3.05, 3.63) is 40.3 Å². The van der Waals surface area contributed by atoms with Gasteiger partial charge in [-0.15, -0.1) is 0 Å². The number of hydrogen-bond acceptors (Lipinski definition) is 5. The molecule has 0 atom stereocenters. The average Bonchev–Trinajstić information content (AvgIpc) is 2.75. The summed E-state index contributed by atoms with van der Waals surface area (Å²) in [6, 6.07) is 7.79. The van der Waals surface area contributed by atoms with Gasteiger partial charge in [-0.25, -0.2) is 0 Å². The number of thiocarbonyl (C=S) groups is 1. The van der Waals surface area contributed by atoms with Crippen molar-refractivity contribution < 1.29 is 14.7 Å². The monoisotopic (exact) mass is 336 g/mol. The molecule has 1 saturated heterocycles. The maximum atomic E-state index is 12.3. The van der Waals surface area contributed by atoms with Crippen LogP contribution in [0.2, 0.25) is 0 Å². The summed E-state index contributed by atoms with van der Waals surface area (Å²) in [6.07, 6.45) is 1.77. The molecule has 0 aliphatic carbocycles. The zero-order chi connectivity index (χ0) is 16.1. The van der Waals surface area contributed by atoms with E-state index in [4.69, 9.17) is 17.3 Å². The predicted molar refractivity (Wildman–Crippen MR) is 91.2 cm³/mol. The van der Waals surface area contributed by atoms with Crippen LogP contribution in [0.1, 0.15) is 11.1 Å². The Morgan fingerprint density at radius 2 is 2.09 bits per heavy atom. The molecule has 2 rings (SSSR count). The predicted octanol–water partition coefficient (Wildman–Crippen LogP) is 1.30. The zero-order valence-corrected chi connectivity index (χ0v) is 13.7. The Morgan fingerprint density at radius 3 is 2.73 bits per heavy atom. The van der Waals surface area contributed by atoms with Gasteiger partial charge in [0.25, 0.3) is 5.91 Å². The molecule has 1 aromatic carbocycles. The first-order valence-corrected chi connectivity index (χ1v) is 7.93. The molecule has 1 heterocycles. The van der Waals surface area contributed by atoms with Crippen LogP contribution in [-0.2, 0) is 9.59 Å². The number of aryl methyl sites for hydroxylation is 1. The van der Waals surface area contributed by atoms with Crippen LogP contribution < -0.4 is 5.32 Å². The van der Waals surface area contributed by atoms with E-state index in [-0.39, 0.29) is 31.5 Å². The van der Waals surface area contributed by atoms with Gasteiger partial charge in [0.2, 0.25) is 5.91 Å². The van der Waals surface area contributed by atoms with E-state index in [1.54, 1.807) is 6.08 Å². The summed E-state index contributed by atoms with van der Waals surface area (Å²) in [5.41, 5.74) is 2.06. The van der Waals surface area contributed by atoms with Crippen LogP contribution in [0.25, 0.3) is 6.08 Å². The Bertz CT molecular complexity index is 626. The number of benzene rings is 1. The third-order valence-corrected chi connectivity index (χ3v) is 4.36. The number of rotatable bonds is 5. The summed E-state index contributed by atoms with van der Waals surface area (Å²) in [7, 11) is 0. The minimum Gasteiger partial charge on any atom is -0.395 e. The normalized spacial score (nSPS) is 16.5. The third-order valence-electron chi connectivity index (χ3n) is 2.98. The molecule has 0 saturated carbocycles. The molecule has 0 bridgehead atoms. The second-order valence-corrected chi connectivity index (χ2v) is 6.43. The van der Waals surface area contributed by atoms with Crippen LogP contribution in [-0.4, -0.2) is 45.8 Å². The van der Waals surface area contributed by atoms with Crippen molar-refractivity contribution in [2.45, 2.75) is 6.92 Å². The number of hydrogen-bond donors (Lipinski definition) is 2. The van der Waals surface area contributed by atoms with Crippen molar-refractivity contribution >= 4 is 46.2 Å². The van der Waals surface area contributed by atoms with Gasteiger partial charge in [-0.05, 0) is 18.6 Å². The minimum absolute atomic E-state index is 0.129. The number of aliphatic hydroxyl groups excluding tert-OH is 1. The van der Waals surface area contributed by atoms with Gasteiger partial charge in [-0.3, -0.25) is 14.5 Å². The van der Waals surface area contributed by atoms with E-state index in [0.29, 0.717) is 9.23 Å². The molecule has 22 heavy (non-hydrogen) atoms. The topological polar surface area (TPSA) is 69.6 Å². The summed E-state index contributed by atoms with van der Waals surface area (Å²) >= 11 is 6.35. The molecule has 1 aliphatic rings. The Morgan fingerprint density at radius 1 is 1.41 bits per heavy atom. The second kappa shape index (κ2) is 7.53. The first-order chi connectivity index (χ1) is 10.5. The highest BCUT2D eigenvalue weighted by Gasteiger charge is 2.33. The highest BCUT2D eigenvalue weighted by atomic mass is 32.2. The lowest BCUT2D eigenvalue weighted by molar-refractivity contribution is -0.128. The van der Waals surface area contributed by atoms with Gasteiger partial charge in [-0.1, -0.05) is 53.8 Å². The minimum atomic E-state index is -0.345. The lowest BCUT2D eigenvalue weighted by Crippen LogP contribution is -2.40. The van der Waals surface area contributed by atoms with Gasteiger partial charge < -0.3 is 10.4 Å². The van der Waals surface area contributed by atoms with Gasteiger partial charge in [0.05, 0.1) is 11.5 Å². The van der Waals surface area contributed by atoms with Crippen LogP contribution in [0.15, 0.2) is 29.2 Å². The fraction of sp³-hybridized carbons (Fsp3) is 0.267. The van der Waals surface area contributed by atoms with E-state index >= 15 is 0 Å². The fourth-order valence-electron chi connectivity index (χ4n) is 1.85. The largest absolute Gasteiger partial charge is 0.395 e. The van der Waals surface area contributed by atoms with Crippen molar-refractivity contribution in [1.29, 1.82) is 0 Å². The molecule has 1 aromatic rings. The Hall–Kier alpha value is -1.70. The molecule has 1 aliphatic heterocycles. The van der Waals surface area contributed by atoms with E-state index in [1.165, 1.54) is 16.7 Å². The van der Waals surface area contributed by atoms with Crippen LogP contribution in [0.3, 0.4) is 0 Å². The molecular weight excluding hydrogens is 320 g/mol. The Balaban J connectivity index is 2.08. The number of amides is 2. The molecule has 0 unspecified atom stereocenters. The summed E-state index contributed by atoms with van der Waals surface area (Å²) in [5.74, 6) is -0.614. The molecule has 0 radical (unpaired) electrons. The second-order valence-electron chi connectivity index (χ2n) is 4.75. The first kappa shape index (κ1) is 16.7. The van der Waals surface area contributed by atoms with Gasteiger partial charge >= 0.3 is 0 Å². The van der Waals surface area contributed by atoms with E-state index < -0.39 is 0 Å². The number of nitrogens with one attached hydrogen (secondary N) is 1. The van der Waals surface area contributed by atoms with E-state index in [2.05, 4.69) is 5.32 Å². The average molecular weight is 336 g/mol. The Labute approximate surface area is 138 Å². The van der Waals surface area contributed by atoms with Crippen LogP contribution in [0, 0.1) is 6.92 Å². The van der Waals surface area contributed by atoms with Crippen molar-refractivity contribution in [3.8, 4) is 0 Å². The number of nitrogens with zero attached hydrogens (tertiary/aromatic N) is 1. The highest BCUT2D eigenvalue weighted by molar-refractivity contribution is 8.26. The number of aliphatic hydroxyl groups is 1. The molecule has 0 aromatic heterocycles. The van der Waals surface area contributed by atoms with Crippen molar-refractivity contribution in [3.63, 3.8) is 0 Å². The van der Waals surface area contributed by atoms with Gasteiger partial charge in [0.15, 0.2) is 0 Å². The molecule has 2 N–H and O–H groups in total. The summed E-state index contributed by atoms with van der Waals surface area (Å²) in [4.78, 5) is 25.7. The maximum absolute atomic E-state index is 12.3. The molecule has 1 fully saturated rings. The summed E-state index contributed by atoms with van der Waals surface area (Å²) in [5, 5.41) is 11.2. The molecule has 7 heteroatoms. The number of thioether (sulfide) groups is 1. The van der Waals surface area contributed by atoms with E-state index in [9.17, 15) is 9.59 Å². The molecular formula is C15H16N2O3S2. The molecule has 5 nitrogen and oxygen atoms in total. The van der Waals surface area contributed by atoms with Gasteiger partial charge in [0.1, 0.15) is 10.9 Å².